The van der Waals surface area contributed by atoms with Gasteiger partial charge in [-0.2, -0.15) is 5.06 Å². The normalized spacial score (nSPS) is 29.6. The van der Waals surface area contributed by atoms with Gasteiger partial charge in [0.1, 0.15) is 12.1 Å². The molecule has 4 N–H and O–H groups in total. The molecule has 2 bridgehead atoms. The number of likely N-dealkylation sites (tertiary alicyclic amines) is 1. The molecule has 0 aromatic heterocycles. The minimum absolute atomic E-state index is 0.0833. The molecule has 2 aliphatic heterocycles. The van der Waals surface area contributed by atoms with Gasteiger partial charge in [-0.05, 0) is 97.8 Å². The third-order valence-corrected chi connectivity index (χ3v) is 11.5. The maximum Gasteiger partial charge on any atom is 0.251 e. The van der Waals surface area contributed by atoms with Gasteiger partial charge in [0.2, 0.25) is 5.91 Å². The molecule has 2 heterocycles. The van der Waals surface area contributed by atoms with E-state index < -0.39 is 24.2 Å². The molecule has 5 fully saturated rings. The first-order chi connectivity index (χ1) is 22.6. The molecule has 9 heteroatoms. The van der Waals surface area contributed by atoms with E-state index in [1.165, 1.54) is 19.3 Å². The Morgan fingerprint density at radius 1 is 1.06 bits per heavy atom. The zero-order chi connectivity index (χ0) is 33.3. The number of carbonyl (C=O) groups excluding carboxylic acids is 2. The minimum atomic E-state index is -0.866. The van der Waals surface area contributed by atoms with Gasteiger partial charge in [-0.15, -0.1) is 0 Å². The molecular weight excluding hydrogens is 592 g/mol. The van der Waals surface area contributed by atoms with Gasteiger partial charge in [-0.3, -0.25) is 14.4 Å². The first-order valence-electron chi connectivity index (χ1n) is 17.5. The van der Waals surface area contributed by atoms with Crippen LogP contribution in [0.25, 0.3) is 11.1 Å². The summed E-state index contributed by atoms with van der Waals surface area (Å²) in [6.45, 7) is 14.3. The van der Waals surface area contributed by atoms with E-state index in [-0.39, 0.29) is 36.4 Å². The Morgan fingerprint density at radius 2 is 1.79 bits per heavy atom. The van der Waals surface area contributed by atoms with E-state index in [2.05, 4.69) is 36.0 Å². The zero-order valence-corrected chi connectivity index (χ0v) is 28.2. The maximum atomic E-state index is 14.0. The smallest absolute Gasteiger partial charge is 0.251 e. The Kier molecular flexibility index (Phi) is 10.2. The van der Waals surface area contributed by atoms with Crippen LogP contribution in [-0.2, 0) is 16.2 Å². The van der Waals surface area contributed by atoms with E-state index in [4.69, 9.17) is 4.84 Å². The number of aliphatic hydroxyl groups excluding tert-OH is 2. The quantitative estimate of drug-likeness (QED) is 0.272. The molecule has 47 heavy (non-hydrogen) atoms. The second kappa shape index (κ2) is 14.2. The van der Waals surface area contributed by atoms with Crippen molar-refractivity contribution in [3.8, 4) is 11.1 Å². The Bertz CT molecular complexity index is 1450. The fourth-order valence-electron chi connectivity index (χ4n) is 8.49. The molecule has 2 aromatic carbocycles. The molecule has 7 rings (SSSR count). The van der Waals surface area contributed by atoms with E-state index >= 15 is 0 Å². The van der Waals surface area contributed by atoms with E-state index in [1.54, 1.807) is 12.0 Å². The number of fused-ring (bicyclic) bond motifs is 2. The summed E-state index contributed by atoms with van der Waals surface area (Å²) < 4.78 is 0. The summed E-state index contributed by atoms with van der Waals surface area (Å²) in [5, 5.41) is 28.9. The highest BCUT2D eigenvalue weighted by atomic mass is 16.7. The van der Waals surface area contributed by atoms with Gasteiger partial charge in [0.15, 0.2) is 0 Å². The van der Waals surface area contributed by atoms with Crippen molar-refractivity contribution in [2.45, 2.75) is 83.7 Å². The predicted molar refractivity (Wildman–Crippen MR) is 182 cm³/mol. The van der Waals surface area contributed by atoms with Crippen LogP contribution in [0.5, 0.6) is 0 Å². The molecule has 254 valence electrons. The Labute approximate surface area is 279 Å². The van der Waals surface area contributed by atoms with Gasteiger partial charge in [0, 0.05) is 24.6 Å². The summed E-state index contributed by atoms with van der Waals surface area (Å²) in [5.41, 5.74) is 4.67. The van der Waals surface area contributed by atoms with Crippen LogP contribution in [0.4, 0.5) is 0 Å². The highest BCUT2D eigenvalue weighted by Crippen LogP contribution is 2.60. The van der Waals surface area contributed by atoms with Crippen LogP contribution in [0, 0.1) is 23.2 Å². The fourth-order valence-corrected chi connectivity index (χ4v) is 8.49. The number of rotatable bonds is 11. The monoisotopic (exact) mass is 644 g/mol. The molecule has 2 amide bonds. The second-order valence-electron chi connectivity index (χ2n) is 14.8. The van der Waals surface area contributed by atoms with Crippen molar-refractivity contribution >= 4 is 11.8 Å². The van der Waals surface area contributed by atoms with Crippen LogP contribution < -0.4 is 10.6 Å². The van der Waals surface area contributed by atoms with Crippen LogP contribution in [-0.4, -0.2) is 89.1 Å². The standard InChI is InChI=1S/C38H52N4O5/c1-24-31-20-30(38(31,3)4)21-32(24)40-37(46)35-34(25(2)44)33(23-43)47-42(35)22-26-10-8-11-27(18-26)28-12-9-13-29(19-28)36(45)39-14-17-41-15-6-5-7-16-41/h8-13,18-19,25,30-35,43-44H,1,5-7,14-17,20-23H2,2-4H3,(H,39,45)(H,40,46)/t25-,30+,31-,32-,33-,34+,35?/m0/s1. The molecule has 9 nitrogen and oxygen atoms in total. The number of amides is 2. The van der Waals surface area contributed by atoms with Gasteiger partial charge in [-0.25, -0.2) is 0 Å². The molecule has 7 atom stereocenters. The van der Waals surface area contributed by atoms with Crippen LogP contribution in [0.15, 0.2) is 60.7 Å². The van der Waals surface area contributed by atoms with E-state index in [0.717, 1.165) is 54.7 Å². The molecule has 0 radical (unpaired) electrons. The summed E-state index contributed by atoms with van der Waals surface area (Å²) in [5.74, 6) is 0.0411. The first kappa shape index (κ1) is 33.8. The van der Waals surface area contributed by atoms with E-state index in [0.29, 0.717) is 23.9 Å². The van der Waals surface area contributed by atoms with Crippen molar-refractivity contribution < 1.29 is 24.6 Å². The second-order valence-corrected chi connectivity index (χ2v) is 14.8. The first-order valence-corrected chi connectivity index (χ1v) is 17.5. The van der Waals surface area contributed by atoms with Crippen LogP contribution in [0.2, 0.25) is 0 Å². The highest BCUT2D eigenvalue weighted by molar-refractivity contribution is 5.95. The topological polar surface area (TPSA) is 114 Å². The van der Waals surface area contributed by atoms with Crippen LogP contribution in [0.1, 0.15) is 68.8 Å². The Balaban J connectivity index is 1.14. The molecule has 2 saturated heterocycles. The number of nitrogens with one attached hydrogen (secondary N) is 2. The summed E-state index contributed by atoms with van der Waals surface area (Å²) in [4.78, 5) is 35.5. The van der Waals surface area contributed by atoms with Crippen molar-refractivity contribution in [1.29, 1.82) is 0 Å². The Morgan fingerprint density at radius 3 is 2.47 bits per heavy atom. The van der Waals surface area contributed by atoms with Gasteiger partial charge >= 0.3 is 0 Å². The number of piperidine rings is 1. The summed E-state index contributed by atoms with van der Waals surface area (Å²) in [6, 6.07) is 14.7. The molecule has 3 saturated carbocycles. The average Bonchev–Trinajstić information content (AvgIpc) is 3.44. The van der Waals surface area contributed by atoms with E-state index in [1.807, 2.05) is 48.5 Å². The zero-order valence-electron chi connectivity index (χ0n) is 28.2. The van der Waals surface area contributed by atoms with Crippen molar-refractivity contribution in [2.24, 2.45) is 23.2 Å². The molecule has 3 aliphatic carbocycles. The lowest BCUT2D eigenvalue weighted by Gasteiger charge is -2.60. The predicted octanol–water partition coefficient (Wildman–Crippen LogP) is 4.15. The molecule has 5 aliphatic rings. The summed E-state index contributed by atoms with van der Waals surface area (Å²) in [7, 11) is 0. The Hall–Kier alpha value is -3.08. The highest BCUT2D eigenvalue weighted by Gasteiger charge is 2.56. The number of hydroxylamine groups is 2. The third-order valence-electron chi connectivity index (χ3n) is 11.5. The summed E-state index contributed by atoms with van der Waals surface area (Å²) >= 11 is 0. The lowest BCUT2D eigenvalue weighted by Crippen LogP contribution is -2.59. The van der Waals surface area contributed by atoms with Gasteiger partial charge in [0.25, 0.3) is 5.91 Å². The minimum Gasteiger partial charge on any atom is -0.394 e. The van der Waals surface area contributed by atoms with Gasteiger partial charge in [-0.1, -0.05) is 62.8 Å². The third kappa shape index (κ3) is 7.06. The fraction of sp³-hybridized carbons (Fsp3) is 0.579. The number of hydrogen-bond acceptors (Lipinski definition) is 7. The van der Waals surface area contributed by atoms with Gasteiger partial charge < -0.3 is 25.7 Å². The lowest BCUT2D eigenvalue weighted by atomic mass is 9.46. The number of carbonyl (C=O) groups is 2. The van der Waals surface area contributed by atoms with Gasteiger partial charge in [0.05, 0.1) is 25.3 Å². The maximum absolute atomic E-state index is 14.0. The molecule has 0 spiro atoms. The van der Waals surface area contributed by atoms with Crippen molar-refractivity contribution in [1.82, 2.24) is 20.6 Å². The largest absolute Gasteiger partial charge is 0.394 e. The van der Waals surface area contributed by atoms with E-state index in [9.17, 15) is 19.8 Å². The number of nitrogens with zero attached hydrogens (tertiary/aromatic N) is 2. The lowest BCUT2D eigenvalue weighted by molar-refractivity contribution is -0.182. The number of hydrogen-bond donors (Lipinski definition) is 4. The average molecular weight is 645 g/mol. The molecular formula is C38H52N4O5. The van der Waals surface area contributed by atoms with Crippen molar-refractivity contribution in [2.75, 3.05) is 32.8 Å². The summed E-state index contributed by atoms with van der Waals surface area (Å²) in [6.07, 6.45) is 4.16. The van der Waals surface area contributed by atoms with Crippen molar-refractivity contribution in [3.63, 3.8) is 0 Å². The number of benzene rings is 2. The van der Waals surface area contributed by atoms with Crippen molar-refractivity contribution in [3.05, 3.63) is 71.8 Å². The number of aliphatic hydroxyl groups is 2. The van der Waals surface area contributed by atoms with Crippen LogP contribution >= 0.6 is 0 Å². The molecule has 2 aromatic rings. The molecule has 1 unspecified atom stereocenters. The van der Waals surface area contributed by atoms with Crippen LogP contribution in [0.3, 0.4) is 0 Å². The SMILES string of the molecule is C=C1[C@@H](NC(=O)C2[C@H]([C@H](C)O)[C@H](CO)ON2Cc2cccc(-c3cccc(C(=O)NCCN4CCCCC4)c3)c2)C[C@H]2C[C@@H]1C2(C)C.